The molecule has 0 radical (unpaired) electrons. The second-order valence-corrected chi connectivity index (χ2v) is 6.50. The highest BCUT2D eigenvalue weighted by atomic mass is 16.5. The molecular formula is C18H28N2O3. The standard InChI is InChI=1S/C18H28N2O3/c1-13-5-4-6-14(2)20(13)11-17(22)12-23-18-9-7-16(8-10-18)19-15(3)21/h7-10,13-14,17,22H,4-6,11-12H2,1-3H3,(H,19,21)/t13-,14-,17+/m1/s1. The molecule has 1 aromatic carbocycles. The van der Waals surface area contributed by atoms with Gasteiger partial charge in [-0.3, -0.25) is 9.69 Å². The van der Waals surface area contributed by atoms with Gasteiger partial charge in [-0.2, -0.15) is 0 Å². The third kappa shape index (κ3) is 5.52. The van der Waals surface area contributed by atoms with Gasteiger partial charge in [-0.15, -0.1) is 0 Å². The van der Waals surface area contributed by atoms with Crippen LogP contribution in [0.15, 0.2) is 24.3 Å². The summed E-state index contributed by atoms with van der Waals surface area (Å²) in [6.07, 6.45) is 3.16. The number of rotatable bonds is 6. The molecule has 0 aromatic heterocycles. The third-order valence-electron chi connectivity index (χ3n) is 4.41. The molecular weight excluding hydrogens is 292 g/mol. The third-order valence-corrected chi connectivity index (χ3v) is 4.41. The first-order valence-corrected chi connectivity index (χ1v) is 8.40. The van der Waals surface area contributed by atoms with E-state index in [9.17, 15) is 9.90 Å². The number of amides is 1. The number of β-amino-alcohol motifs (C(OH)–C–C–N with tert-alkyl or cyclic N) is 1. The van der Waals surface area contributed by atoms with Gasteiger partial charge in [0.2, 0.25) is 5.91 Å². The molecule has 1 aromatic rings. The number of carbonyl (C=O) groups is 1. The Bertz CT molecular complexity index is 493. The number of ether oxygens (including phenoxy) is 1. The molecule has 1 aliphatic heterocycles. The van der Waals surface area contributed by atoms with E-state index in [1.54, 1.807) is 24.3 Å². The average Bonchev–Trinajstić information content (AvgIpc) is 2.50. The van der Waals surface area contributed by atoms with Crippen LogP contribution in [-0.4, -0.2) is 47.3 Å². The second-order valence-electron chi connectivity index (χ2n) is 6.50. The fraction of sp³-hybridized carbons (Fsp3) is 0.611. The normalized spacial score (nSPS) is 23.3. The average molecular weight is 320 g/mol. The molecule has 0 saturated carbocycles. The van der Waals surface area contributed by atoms with Crippen LogP contribution in [0, 0.1) is 0 Å². The van der Waals surface area contributed by atoms with Gasteiger partial charge in [0.15, 0.2) is 0 Å². The highest BCUT2D eigenvalue weighted by Crippen LogP contribution is 2.22. The molecule has 23 heavy (non-hydrogen) atoms. The molecule has 0 aliphatic carbocycles. The minimum atomic E-state index is -0.506. The van der Waals surface area contributed by atoms with Crippen LogP contribution in [0.2, 0.25) is 0 Å². The highest BCUT2D eigenvalue weighted by Gasteiger charge is 2.26. The van der Waals surface area contributed by atoms with Gasteiger partial charge in [-0.05, 0) is 51.0 Å². The molecule has 1 heterocycles. The zero-order valence-electron chi connectivity index (χ0n) is 14.3. The van der Waals surface area contributed by atoms with Gasteiger partial charge in [-0.1, -0.05) is 6.42 Å². The zero-order chi connectivity index (χ0) is 16.8. The summed E-state index contributed by atoms with van der Waals surface area (Å²) in [5, 5.41) is 13.0. The summed E-state index contributed by atoms with van der Waals surface area (Å²) in [4.78, 5) is 13.3. The van der Waals surface area contributed by atoms with E-state index in [1.165, 1.54) is 26.2 Å². The van der Waals surface area contributed by atoms with E-state index in [4.69, 9.17) is 4.74 Å². The maximum absolute atomic E-state index is 11.0. The number of hydrogen-bond acceptors (Lipinski definition) is 4. The largest absolute Gasteiger partial charge is 0.491 e. The van der Waals surface area contributed by atoms with Crippen LogP contribution in [0.3, 0.4) is 0 Å². The Balaban J connectivity index is 1.79. The van der Waals surface area contributed by atoms with Gasteiger partial charge in [0, 0.05) is 31.2 Å². The van der Waals surface area contributed by atoms with Crippen molar-refractivity contribution in [2.45, 2.75) is 58.2 Å². The number of nitrogens with one attached hydrogen (secondary N) is 1. The SMILES string of the molecule is CC(=O)Nc1ccc(OC[C@@H](O)CN2[C@H](C)CCC[C@H]2C)cc1. The van der Waals surface area contributed by atoms with Gasteiger partial charge in [0.25, 0.3) is 0 Å². The molecule has 1 saturated heterocycles. The number of aliphatic hydroxyl groups excluding tert-OH is 1. The smallest absolute Gasteiger partial charge is 0.221 e. The van der Waals surface area contributed by atoms with E-state index in [1.807, 2.05) is 0 Å². The summed E-state index contributed by atoms with van der Waals surface area (Å²) in [5.41, 5.74) is 0.737. The molecule has 1 aliphatic rings. The summed E-state index contributed by atoms with van der Waals surface area (Å²) >= 11 is 0. The van der Waals surface area contributed by atoms with E-state index in [0.29, 0.717) is 24.4 Å². The molecule has 2 N–H and O–H groups in total. The van der Waals surface area contributed by atoms with Crippen LogP contribution in [0.1, 0.15) is 40.0 Å². The quantitative estimate of drug-likeness (QED) is 0.846. The predicted octanol–water partition coefficient (Wildman–Crippen LogP) is 2.65. The van der Waals surface area contributed by atoms with Gasteiger partial charge in [-0.25, -0.2) is 0 Å². The lowest BCUT2D eigenvalue weighted by Gasteiger charge is -2.40. The lowest BCUT2D eigenvalue weighted by molar-refractivity contribution is -0.114. The maximum atomic E-state index is 11.0. The molecule has 1 fully saturated rings. The van der Waals surface area contributed by atoms with Crippen molar-refractivity contribution >= 4 is 11.6 Å². The van der Waals surface area contributed by atoms with Crippen molar-refractivity contribution < 1.29 is 14.6 Å². The first-order valence-electron chi connectivity index (χ1n) is 8.40. The topological polar surface area (TPSA) is 61.8 Å². The number of benzene rings is 1. The molecule has 3 atom stereocenters. The minimum absolute atomic E-state index is 0.0983. The van der Waals surface area contributed by atoms with Crippen molar-refractivity contribution in [2.75, 3.05) is 18.5 Å². The number of aliphatic hydroxyl groups is 1. The van der Waals surface area contributed by atoms with Crippen molar-refractivity contribution in [1.29, 1.82) is 0 Å². The Morgan fingerprint density at radius 1 is 1.30 bits per heavy atom. The molecule has 1 amide bonds. The van der Waals surface area contributed by atoms with Crippen molar-refractivity contribution in [3.8, 4) is 5.75 Å². The summed E-state index contributed by atoms with van der Waals surface area (Å²) in [5.74, 6) is 0.594. The first-order chi connectivity index (χ1) is 11.0. The summed E-state index contributed by atoms with van der Waals surface area (Å²) in [6.45, 7) is 6.85. The summed E-state index contributed by atoms with van der Waals surface area (Å²) < 4.78 is 5.65. The maximum Gasteiger partial charge on any atom is 0.221 e. The Labute approximate surface area is 138 Å². The lowest BCUT2D eigenvalue weighted by Crippen LogP contribution is -2.48. The van der Waals surface area contributed by atoms with Crippen LogP contribution in [0.25, 0.3) is 0 Å². The van der Waals surface area contributed by atoms with Crippen molar-refractivity contribution in [1.82, 2.24) is 4.90 Å². The van der Waals surface area contributed by atoms with Crippen LogP contribution in [0.5, 0.6) is 5.75 Å². The van der Waals surface area contributed by atoms with Crippen molar-refractivity contribution in [3.63, 3.8) is 0 Å². The fourth-order valence-electron chi connectivity index (χ4n) is 3.16. The van der Waals surface area contributed by atoms with Crippen LogP contribution in [0.4, 0.5) is 5.69 Å². The highest BCUT2D eigenvalue weighted by molar-refractivity contribution is 5.88. The van der Waals surface area contributed by atoms with E-state index < -0.39 is 6.10 Å². The number of hydrogen-bond donors (Lipinski definition) is 2. The number of carbonyl (C=O) groups excluding carboxylic acids is 1. The number of piperidine rings is 1. The number of nitrogens with zero attached hydrogens (tertiary/aromatic N) is 1. The van der Waals surface area contributed by atoms with Gasteiger partial charge < -0.3 is 15.2 Å². The second kappa shape index (κ2) is 8.31. The van der Waals surface area contributed by atoms with Crippen molar-refractivity contribution in [3.05, 3.63) is 24.3 Å². The van der Waals surface area contributed by atoms with E-state index in [-0.39, 0.29) is 12.5 Å². The molecule has 128 valence electrons. The van der Waals surface area contributed by atoms with Gasteiger partial charge in [0.05, 0.1) is 0 Å². The monoisotopic (exact) mass is 320 g/mol. The minimum Gasteiger partial charge on any atom is -0.491 e. The summed E-state index contributed by atoms with van der Waals surface area (Å²) in [6, 6.07) is 8.21. The Morgan fingerprint density at radius 2 is 1.91 bits per heavy atom. The first kappa shape index (κ1) is 17.8. The molecule has 5 heteroatoms. The predicted molar refractivity (Wildman–Crippen MR) is 91.7 cm³/mol. The fourth-order valence-corrected chi connectivity index (χ4v) is 3.16. The lowest BCUT2D eigenvalue weighted by atomic mass is 9.97. The Kier molecular flexibility index (Phi) is 6.42. The van der Waals surface area contributed by atoms with E-state index in [0.717, 1.165) is 5.69 Å². The number of anilines is 1. The molecule has 0 spiro atoms. The van der Waals surface area contributed by atoms with E-state index >= 15 is 0 Å². The van der Waals surface area contributed by atoms with Gasteiger partial charge >= 0.3 is 0 Å². The summed E-state index contributed by atoms with van der Waals surface area (Å²) in [7, 11) is 0. The van der Waals surface area contributed by atoms with E-state index in [2.05, 4.69) is 24.1 Å². The van der Waals surface area contributed by atoms with Crippen LogP contribution < -0.4 is 10.1 Å². The Hall–Kier alpha value is -1.59. The van der Waals surface area contributed by atoms with Crippen LogP contribution >= 0.6 is 0 Å². The zero-order valence-corrected chi connectivity index (χ0v) is 14.3. The number of likely N-dealkylation sites (tertiary alicyclic amines) is 1. The molecule has 0 unspecified atom stereocenters. The molecule has 5 nitrogen and oxygen atoms in total. The van der Waals surface area contributed by atoms with Crippen molar-refractivity contribution in [2.24, 2.45) is 0 Å². The Morgan fingerprint density at radius 3 is 2.48 bits per heavy atom. The molecule has 2 rings (SSSR count). The molecule has 0 bridgehead atoms. The van der Waals surface area contributed by atoms with Gasteiger partial charge in [0.1, 0.15) is 18.5 Å². The van der Waals surface area contributed by atoms with Crippen LogP contribution in [-0.2, 0) is 4.79 Å².